The summed E-state index contributed by atoms with van der Waals surface area (Å²) in [6.07, 6.45) is 2.23. The molecule has 0 aromatic heterocycles. The molecule has 0 aromatic rings. The zero-order chi connectivity index (χ0) is 12.5. The van der Waals surface area contributed by atoms with Crippen molar-refractivity contribution in [3.63, 3.8) is 0 Å². The Morgan fingerprint density at radius 3 is 2.59 bits per heavy atom. The molecule has 2 atom stereocenters. The third-order valence-corrected chi connectivity index (χ3v) is 5.43. The Hall–Kier alpha value is 0.190. The van der Waals surface area contributed by atoms with Gasteiger partial charge < -0.3 is 14.6 Å². The average molecular weight is 260 g/mol. The van der Waals surface area contributed by atoms with E-state index in [0.29, 0.717) is 6.61 Å². The molecule has 0 amide bonds. The van der Waals surface area contributed by atoms with Crippen LogP contribution >= 0.6 is 0 Å². The molecule has 5 heteroatoms. The zero-order valence-corrected chi connectivity index (χ0v) is 11.9. The summed E-state index contributed by atoms with van der Waals surface area (Å²) in [7, 11) is 0. The summed E-state index contributed by atoms with van der Waals surface area (Å²) < 4.78 is 20.9. The van der Waals surface area contributed by atoms with Crippen molar-refractivity contribution in [2.24, 2.45) is 5.41 Å². The number of hydrogen-bond donors (Lipinski definition) is 2. The highest BCUT2D eigenvalue weighted by molar-refractivity contribution is 7.90. The maximum atomic E-state index is 12.2. The van der Waals surface area contributed by atoms with Crippen molar-refractivity contribution in [3.8, 4) is 0 Å². The second kappa shape index (κ2) is 5.05. The second-order valence-corrected chi connectivity index (χ2v) is 8.18. The highest BCUT2D eigenvalue weighted by Crippen LogP contribution is 2.38. The average Bonchev–Trinajstić information content (AvgIpc) is 2.61. The second-order valence-electron chi connectivity index (χ2n) is 6.18. The molecule has 2 unspecified atom stereocenters. The lowest BCUT2D eigenvalue weighted by atomic mass is 9.75. The number of piperidine rings is 1. The van der Waals surface area contributed by atoms with Gasteiger partial charge in [-0.15, -0.1) is 4.72 Å². The molecule has 2 saturated heterocycles. The van der Waals surface area contributed by atoms with Crippen molar-refractivity contribution in [1.82, 2.24) is 10.0 Å². The summed E-state index contributed by atoms with van der Waals surface area (Å²) in [5.41, 5.74) is 0.201. The van der Waals surface area contributed by atoms with Gasteiger partial charge in [-0.25, -0.2) is 0 Å². The molecule has 2 heterocycles. The Balaban J connectivity index is 1.99. The Kier molecular flexibility index (Phi) is 4.05. The molecule has 2 N–H and O–H groups in total. The Bertz CT molecular complexity index is 262. The highest BCUT2D eigenvalue weighted by Gasteiger charge is 2.47. The number of ether oxygens (including phenoxy) is 1. The van der Waals surface area contributed by atoms with Crippen LogP contribution < -0.4 is 10.0 Å². The fourth-order valence-corrected chi connectivity index (χ4v) is 3.47. The number of hydrogen-bond acceptors (Lipinski definition) is 4. The molecule has 1 spiro atoms. The van der Waals surface area contributed by atoms with Gasteiger partial charge in [0.15, 0.2) is 0 Å². The molecule has 0 aromatic carbocycles. The highest BCUT2D eigenvalue weighted by atomic mass is 32.2. The van der Waals surface area contributed by atoms with E-state index in [9.17, 15) is 4.55 Å². The monoisotopic (exact) mass is 260 g/mol. The third kappa shape index (κ3) is 2.96. The minimum atomic E-state index is -1.01. The first-order chi connectivity index (χ1) is 7.94. The lowest BCUT2D eigenvalue weighted by Crippen LogP contribution is -2.54. The molecule has 2 rings (SSSR count). The number of nitrogens with one attached hydrogen (secondary N) is 2. The summed E-state index contributed by atoms with van der Waals surface area (Å²) in [5.74, 6) is 0. The number of rotatable bonds is 2. The minimum Gasteiger partial charge on any atom is -0.598 e. The molecule has 2 aliphatic rings. The van der Waals surface area contributed by atoms with Gasteiger partial charge in [-0.3, -0.25) is 0 Å². The van der Waals surface area contributed by atoms with Crippen molar-refractivity contribution >= 4 is 11.4 Å². The quantitative estimate of drug-likeness (QED) is 0.721. The van der Waals surface area contributed by atoms with Gasteiger partial charge in [0.1, 0.15) is 4.75 Å². The Morgan fingerprint density at radius 1 is 1.35 bits per heavy atom. The van der Waals surface area contributed by atoms with Crippen molar-refractivity contribution in [2.75, 3.05) is 26.3 Å². The van der Waals surface area contributed by atoms with E-state index >= 15 is 0 Å². The van der Waals surface area contributed by atoms with E-state index in [4.69, 9.17) is 4.74 Å². The van der Waals surface area contributed by atoms with Crippen LogP contribution in [0.3, 0.4) is 0 Å². The lowest BCUT2D eigenvalue weighted by molar-refractivity contribution is 0.125. The smallest absolute Gasteiger partial charge is 0.136 e. The third-order valence-electron chi connectivity index (χ3n) is 3.82. The van der Waals surface area contributed by atoms with E-state index in [0.717, 1.165) is 32.5 Å². The van der Waals surface area contributed by atoms with Crippen molar-refractivity contribution < 1.29 is 9.29 Å². The fraction of sp³-hybridized carbons (Fsp3) is 1.00. The van der Waals surface area contributed by atoms with Crippen molar-refractivity contribution in [1.29, 1.82) is 0 Å². The first-order valence-corrected chi connectivity index (χ1v) is 7.56. The van der Waals surface area contributed by atoms with Crippen molar-refractivity contribution in [2.45, 2.75) is 44.4 Å². The van der Waals surface area contributed by atoms with E-state index in [1.54, 1.807) is 0 Å². The first kappa shape index (κ1) is 13.6. The molecule has 2 aliphatic heterocycles. The lowest BCUT2D eigenvalue weighted by Gasteiger charge is -2.38. The van der Waals surface area contributed by atoms with Crippen LogP contribution in [0.1, 0.15) is 33.6 Å². The van der Waals surface area contributed by atoms with Gasteiger partial charge in [0.2, 0.25) is 0 Å². The molecule has 4 nitrogen and oxygen atoms in total. The largest absolute Gasteiger partial charge is 0.598 e. The van der Waals surface area contributed by atoms with Crippen LogP contribution in [0.4, 0.5) is 0 Å². The van der Waals surface area contributed by atoms with Crippen LogP contribution in [-0.4, -0.2) is 41.6 Å². The topological polar surface area (TPSA) is 56.3 Å². The van der Waals surface area contributed by atoms with Crippen LogP contribution in [0.2, 0.25) is 0 Å². The molecule has 0 saturated carbocycles. The Morgan fingerprint density at radius 2 is 2.00 bits per heavy atom. The van der Waals surface area contributed by atoms with E-state index in [2.05, 4.69) is 10.0 Å². The normalized spacial score (nSPS) is 30.7. The summed E-state index contributed by atoms with van der Waals surface area (Å²) >= 11 is -1.01. The predicted molar refractivity (Wildman–Crippen MR) is 70.2 cm³/mol. The molecule has 0 radical (unpaired) electrons. The van der Waals surface area contributed by atoms with Gasteiger partial charge in [-0.05, 0) is 46.7 Å². The fourth-order valence-electron chi connectivity index (χ4n) is 2.54. The van der Waals surface area contributed by atoms with Crippen molar-refractivity contribution in [3.05, 3.63) is 0 Å². The summed E-state index contributed by atoms with van der Waals surface area (Å²) in [5, 5.41) is 3.38. The molecule has 17 heavy (non-hydrogen) atoms. The molecule has 0 aliphatic carbocycles. The van der Waals surface area contributed by atoms with Crippen LogP contribution in [-0.2, 0) is 16.1 Å². The molecule has 0 bridgehead atoms. The van der Waals surface area contributed by atoms with Crippen LogP contribution in [0.5, 0.6) is 0 Å². The molecular weight excluding hydrogens is 236 g/mol. The maximum absolute atomic E-state index is 12.2. The maximum Gasteiger partial charge on any atom is 0.136 e. The summed E-state index contributed by atoms with van der Waals surface area (Å²) in [6, 6.07) is 0.240. The van der Waals surface area contributed by atoms with Gasteiger partial charge >= 0.3 is 0 Å². The SMILES string of the molecule is CC(C)(C)[S+]([O-])NC1COCC12CCNCC2. The molecular formula is C12H24N2O2S. The van der Waals surface area contributed by atoms with Crippen LogP contribution in [0.25, 0.3) is 0 Å². The summed E-state index contributed by atoms with van der Waals surface area (Å²) in [6.45, 7) is 9.60. The van der Waals surface area contributed by atoms with E-state index in [-0.39, 0.29) is 16.2 Å². The van der Waals surface area contributed by atoms with Gasteiger partial charge in [-0.2, -0.15) is 0 Å². The molecule has 2 fully saturated rings. The standard InChI is InChI=1S/C12H24N2O2S/c1-11(2,3)17(15)14-10-8-16-9-12(10)4-6-13-7-5-12/h10,13-14H,4-9H2,1-3H3. The minimum absolute atomic E-state index is 0.201. The van der Waals surface area contributed by atoms with E-state index in [1.807, 2.05) is 20.8 Å². The predicted octanol–water partition coefficient (Wildman–Crippen LogP) is 0.807. The van der Waals surface area contributed by atoms with Gasteiger partial charge in [0, 0.05) is 16.8 Å². The van der Waals surface area contributed by atoms with Crippen LogP contribution in [0, 0.1) is 5.41 Å². The van der Waals surface area contributed by atoms with E-state index in [1.165, 1.54) is 0 Å². The van der Waals surface area contributed by atoms with Crippen LogP contribution in [0.15, 0.2) is 0 Å². The molecule has 100 valence electrons. The van der Waals surface area contributed by atoms with Gasteiger partial charge in [0.05, 0.1) is 19.3 Å². The first-order valence-electron chi connectivity index (χ1n) is 6.41. The van der Waals surface area contributed by atoms with Gasteiger partial charge in [-0.1, -0.05) is 0 Å². The van der Waals surface area contributed by atoms with E-state index < -0.39 is 11.4 Å². The zero-order valence-electron chi connectivity index (χ0n) is 11.0. The summed E-state index contributed by atoms with van der Waals surface area (Å²) in [4.78, 5) is 0. The van der Waals surface area contributed by atoms with Gasteiger partial charge in [0.25, 0.3) is 0 Å². The Labute approximate surface area is 107 Å².